The summed E-state index contributed by atoms with van der Waals surface area (Å²) in [4.78, 5) is 15.0. The average Bonchev–Trinajstić information content (AvgIpc) is 2.28. The fraction of sp³-hybridized carbons (Fsp3) is 0.300. The minimum Gasteiger partial charge on any atom is -0.342 e. The number of carbonyl (C=O) groups excluding carboxylic acids is 1. The molecule has 5 heteroatoms. The largest absolute Gasteiger partial charge is 0.342 e. The number of pyridine rings is 1. The fourth-order valence-corrected chi connectivity index (χ4v) is 1.02. The summed E-state index contributed by atoms with van der Waals surface area (Å²) in [5, 5.41) is 13.6. The highest BCUT2D eigenvalue weighted by Crippen LogP contribution is 1.93. The molecule has 1 heterocycles. The summed E-state index contributed by atoms with van der Waals surface area (Å²) in [5.41, 5.74) is 1.02. The van der Waals surface area contributed by atoms with E-state index >= 15 is 0 Å². The number of aromatic nitrogens is 1. The molecule has 0 radical (unpaired) electrons. The molecule has 0 unspecified atom stereocenters. The number of amides is 1. The van der Waals surface area contributed by atoms with E-state index in [2.05, 4.69) is 15.6 Å². The Bertz CT molecular complexity index is 344. The lowest BCUT2D eigenvalue weighted by Crippen LogP contribution is -2.33. The molecule has 5 nitrogen and oxygen atoms in total. The number of nitrogens with one attached hydrogen (secondary N) is 2. The Morgan fingerprint density at radius 2 is 2.47 bits per heavy atom. The first-order chi connectivity index (χ1) is 7.33. The maximum Gasteiger partial charge on any atom is 0.234 e. The summed E-state index contributed by atoms with van der Waals surface area (Å²) >= 11 is 0. The predicted molar refractivity (Wildman–Crippen MR) is 54.6 cm³/mol. The van der Waals surface area contributed by atoms with Crippen LogP contribution in [0, 0.1) is 11.3 Å². The highest BCUT2D eigenvalue weighted by molar-refractivity contribution is 5.78. The van der Waals surface area contributed by atoms with E-state index in [-0.39, 0.29) is 19.0 Å². The van der Waals surface area contributed by atoms with E-state index in [9.17, 15) is 4.79 Å². The van der Waals surface area contributed by atoms with Crippen LogP contribution < -0.4 is 10.6 Å². The third-order valence-corrected chi connectivity index (χ3v) is 1.70. The van der Waals surface area contributed by atoms with Crippen molar-refractivity contribution in [3.63, 3.8) is 0 Å². The van der Waals surface area contributed by atoms with E-state index in [1.807, 2.05) is 18.2 Å². The standard InChI is InChI=1S/C10H12N4O/c11-3-5-14-10(15)8-13-7-9-2-1-4-12-6-9/h1-2,4,6,13H,5,7-8H2,(H,14,15). The Hall–Kier alpha value is -1.93. The smallest absolute Gasteiger partial charge is 0.234 e. The van der Waals surface area contributed by atoms with Gasteiger partial charge in [0.2, 0.25) is 5.91 Å². The molecule has 0 bridgehead atoms. The third kappa shape index (κ3) is 4.74. The van der Waals surface area contributed by atoms with Gasteiger partial charge in [-0.3, -0.25) is 9.78 Å². The molecule has 0 saturated carbocycles. The van der Waals surface area contributed by atoms with Crippen LogP contribution in [-0.4, -0.2) is 24.0 Å². The van der Waals surface area contributed by atoms with Crippen LogP contribution >= 0.6 is 0 Å². The summed E-state index contributed by atoms with van der Waals surface area (Å²) in [6, 6.07) is 5.60. The van der Waals surface area contributed by atoms with Gasteiger partial charge in [0.1, 0.15) is 6.54 Å². The van der Waals surface area contributed by atoms with Gasteiger partial charge in [-0.2, -0.15) is 5.26 Å². The van der Waals surface area contributed by atoms with Gasteiger partial charge < -0.3 is 10.6 Å². The van der Waals surface area contributed by atoms with Gasteiger partial charge in [0, 0.05) is 18.9 Å². The molecule has 0 aliphatic carbocycles. The highest BCUT2D eigenvalue weighted by Gasteiger charge is 1.98. The summed E-state index contributed by atoms with van der Waals surface area (Å²) in [6.07, 6.45) is 3.43. The minimum atomic E-state index is -0.180. The van der Waals surface area contributed by atoms with E-state index in [1.54, 1.807) is 12.4 Å². The molecular weight excluding hydrogens is 192 g/mol. The Morgan fingerprint density at radius 1 is 1.60 bits per heavy atom. The second kappa shape index (κ2) is 6.51. The predicted octanol–water partition coefficient (Wildman–Crippen LogP) is -0.189. The zero-order valence-electron chi connectivity index (χ0n) is 8.23. The van der Waals surface area contributed by atoms with Crippen molar-refractivity contribution in [2.45, 2.75) is 6.54 Å². The molecule has 1 rings (SSSR count). The quantitative estimate of drug-likeness (QED) is 0.652. The summed E-state index contributed by atoms with van der Waals surface area (Å²) in [6.45, 7) is 0.845. The molecule has 78 valence electrons. The Balaban J connectivity index is 2.17. The molecule has 2 N–H and O–H groups in total. The number of nitriles is 1. The van der Waals surface area contributed by atoms with Crippen LogP contribution in [0.3, 0.4) is 0 Å². The lowest BCUT2D eigenvalue weighted by molar-refractivity contribution is -0.120. The normalized spacial score (nSPS) is 9.27. The van der Waals surface area contributed by atoms with Crippen LogP contribution in [0.5, 0.6) is 0 Å². The van der Waals surface area contributed by atoms with Gasteiger partial charge in [-0.05, 0) is 11.6 Å². The molecule has 0 aromatic carbocycles. The van der Waals surface area contributed by atoms with Gasteiger partial charge in [-0.25, -0.2) is 0 Å². The van der Waals surface area contributed by atoms with E-state index < -0.39 is 0 Å². The lowest BCUT2D eigenvalue weighted by Gasteiger charge is -2.03. The van der Waals surface area contributed by atoms with Gasteiger partial charge >= 0.3 is 0 Å². The Morgan fingerprint density at radius 3 is 3.13 bits per heavy atom. The second-order valence-electron chi connectivity index (χ2n) is 2.90. The van der Waals surface area contributed by atoms with E-state index in [4.69, 9.17) is 5.26 Å². The molecule has 0 aliphatic rings. The number of hydrogen-bond donors (Lipinski definition) is 2. The SMILES string of the molecule is N#CCNC(=O)CNCc1cccnc1. The fourth-order valence-electron chi connectivity index (χ4n) is 1.02. The number of carbonyl (C=O) groups is 1. The van der Waals surface area contributed by atoms with Crippen molar-refractivity contribution in [2.75, 3.05) is 13.1 Å². The van der Waals surface area contributed by atoms with Gasteiger partial charge in [-0.1, -0.05) is 6.07 Å². The van der Waals surface area contributed by atoms with Gasteiger partial charge in [0.15, 0.2) is 0 Å². The molecule has 0 saturated heterocycles. The molecule has 0 fully saturated rings. The molecule has 0 atom stereocenters. The number of nitrogens with zero attached hydrogens (tertiary/aromatic N) is 2. The molecular formula is C10H12N4O. The Kier molecular flexibility index (Phi) is 4.84. The van der Waals surface area contributed by atoms with Crippen LogP contribution in [0.4, 0.5) is 0 Å². The number of hydrogen-bond acceptors (Lipinski definition) is 4. The van der Waals surface area contributed by atoms with E-state index in [0.717, 1.165) is 5.56 Å². The van der Waals surface area contributed by atoms with Crippen LogP contribution in [0.2, 0.25) is 0 Å². The van der Waals surface area contributed by atoms with Crippen LogP contribution in [-0.2, 0) is 11.3 Å². The second-order valence-corrected chi connectivity index (χ2v) is 2.90. The van der Waals surface area contributed by atoms with Crippen molar-refractivity contribution < 1.29 is 4.79 Å². The van der Waals surface area contributed by atoms with Gasteiger partial charge in [-0.15, -0.1) is 0 Å². The maximum atomic E-state index is 11.1. The van der Waals surface area contributed by atoms with Crippen LogP contribution in [0.1, 0.15) is 5.56 Å². The van der Waals surface area contributed by atoms with Crippen LogP contribution in [0.25, 0.3) is 0 Å². The van der Waals surface area contributed by atoms with Gasteiger partial charge in [0.25, 0.3) is 0 Å². The van der Waals surface area contributed by atoms with Crippen molar-refractivity contribution in [1.82, 2.24) is 15.6 Å². The molecule has 0 aliphatic heterocycles. The summed E-state index contributed by atoms with van der Waals surface area (Å²) < 4.78 is 0. The molecule has 1 aromatic rings. The van der Waals surface area contributed by atoms with Crippen molar-refractivity contribution in [1.29, 1.82) is 5.26 Å². The van der Waals surface area contributed by atoms with Gasteiger partial charge in [0.05, 0.1) is 12.6 Å². The maximum absolute atomic E-state index is 11.1. The molecule has 15 heavy (non-hydrogen) atoms. The zero-order chi connectivity index (χ0) is 10.9. The minimum absolute atomic E-state index is 0.0490. The first kappa shape index (κ1) is 11.1. The third-order valence-electron chi connectivity index (χ3n) is 1.70. The highest BCUT2D eigenvalue weighted by atomic mass is 16.1. The molecule has 1 amide bonds. The van der Waals surface area contributed by atoms with E-state index in [1.165, 1.54) is 0 Å². The lowest BCUT2D eigenvalue weighted by atomic mass is 10.3. The summed E-state index contributed by atoms with van der Waals surface area (Å²) in [5.74, 6) is -0.180. The Labute approximate surface area is 88.1 Å². The van der Waals surface area contributed by atoms with Crippen molar-refractivity contribution >= 4 is 5.91 Å². The average molecular weight is 204 g/mol. The monoisotopic (exact) mass is 204 g/mol. The first-order valence-electron chi connectivity index (χ1n) is 4.56. The van der Waals surface area contributed by atoms with Crippen molar-refractivity contribution in [2.24, 2.45) is 0 Å². The summed E-state index contributed by atoms with van der Waals surface area (Å²) in [7, 11) is 0. The molecule has 0 spiro atoms. The zero-order valence-corrected chi connectivity index (χ0v) is 8.23. The number of rotatable bonds is 5. The molecule has 1 aromatic heterocycles. The van der Waals surface area contributed by atoms with Crippen LogP contribution in [0.15, 0.2) is 24.5 Å². The first-order valence-corrected chi connectivity index (χ1v) is 4.56. The topological polar surface area (TPSA) is 77.8 Å². The van der Waals surface area contributed by atoms with E-state index in [0.29, 0.717) is 6.54 Å². The van der Waals surface area contributed by atoms with Crippen molar-refractivity contribution in [3.8, 4) is 6.07 Å². The van der Waals surface area contributed by atoms with Crippen molar-refractivity contribution in [3.05, 3.63) is 30.1 Å².